The lowest BCUT2D eigenvalue weighted by Crippen LogP contribution is -2.32. The van der Waals surface area contributed by atoms with Crippen LogP contribution in [0.1, 0.15) is 5.56 Å². The molecule has 1 aromatic carbocycles. The Morgan fingerprint density at radius 3 is 2.20 bits per heavy atom. The smallest absolute Gasteiger partial charge is 0.216 e. The molecular weight excluding hydrogens is 226 g/mol. The van der Waals surface area contributed by atoms with Crippen LogP contribution in [0.5, 0.6) is 0 Å². The number of halogens is 2. The highest BCUT2D eigenvalue weighted by atomic mass is 32.2. The van der Waals surface area contributed by atoms with Crippen LogP contribution in [0.15, 0.2) is 18.2 Å². The Hall–Kier alpha value is -1.05. The highest BCUT2D eigenvalue weighted by molar-refractivity contribution is 7.87. The van der Waals surface area contributed by atoms with E-state index in [0.29, 0.717) is 5.56 Å². The summed E-state index contributed by atoms with van der Waals surface area (Å²) in [6.07, 6.45) is 0.172. The molecule has 84 valence electrons. The van der Waals surface area contributed by atoms with Crippen molar-refractivity contribution < 1.29 is 17.2 Å². The van der Waals surface area contributed by atoms with Crippen LogP contribution in [0.4, 0.5) is 8.78 Å². The summed E-state index contributed by atoms with van der Waals surface area (Å²) < 4.78 is 48.3. The van der Waals surface area contributed by atoms with Gasteiger partial charge in [0.05, 0.1) is 0 Å². The molecule has 0 aliphatic heterocycles. The molecule has 0 aliphatic rings. The first-order valence-corrected chi connectivity index (χ1v) is 5.64. The van der Waals surface area contributed by atoms with Gasteiger partial charge in [0, 0.05) is 12.6 Å². The SMILES string of the molecule is NS(=O)(=O)NCCc1cc(F)cc(F)c1. The first kappa shape index (κ1) is 12.0. The summed E-state index contributed by atoms with van der Waals surface area (Å²) in [7, 11) is -3.75. The Morgan fingerprint density at radius 2 is 1.73 bits per heavy atom. The van der Waals surface area contributed by atoms with Crippen molar-refractivity contribution in [3.63, 3.8) is 0 Å². The maximum Gasteiger partial charge on any atom is 0.274 e. The van der Waals surface area contributed by atoms with E-state index in [-0.39, 0.29) is 13.0 Å². The molecule has 0 radical (unpaired) electrons. The zero-order chi connectivity index (χ0) is 11.5. The van der Waals surface area contributed by atoms with Gasteiger partial charge in [-0.05, 0) is 24.1 Å². The van der Waals surface area contributed by atoms with Crippen molar-refractivity contribution in [2.45, 2.75) is 6.42 Å². The summed E-state index contributed by atoms with van der Waals surface area (Å²) in [4.78, 5) is 0. The molecular formula is C8H10F2N2O2S. The number of nitrogens with two attached hydrogens (primary N) is 1. The second-order valence-electron chi connectivity index (χ2n) is 2.97. The van der Waals surface area contributed by atoms with E-state index in [9.17, 15) is 17.2 Å². The predicted octanol–water partition coefficient (Wildman–Crippen LogP) is 0.300. The number of rotatable bonds is 4. The molecule has 0 fully saturated rings. The Balaban J connectivity index is 2.58. The topological polar surface area (TPSA) is 72.2 Å². The fraction of sp³-hybridized carbons (Fsp3) is 0.250. The lowest BCUT2D eigenvalue weighted by atomic mass is 10.1. The molecule has 4 nitrogen and oxygen atoms in total. The zero-order valence-corrected chi connectivity index (χ0v) is 8.52. The first-order chi connectivity index (χ1) is 6.87. The fourth-order valence-electron chi connectivity index (χ4n) is 1.09. The zero-order valence-electron chi connectivity index (χ0n) is 7.70. The highest BCUT2D eigenvalue weighted by Gasteiger charge is 2.03. The molecule has 15 heavy (non-hydrogen) atoms. The van der Waals surface area contributed by atoms with Gasteiger partial charge >= 0.3 is 0 Å². The van der Waals surface area contributed by atoms with Crippen molar-refractivity contribution in [1.82, 2.24) is 4.72 Å². The van der Waals surface area contributed by atoms with Gasteiger partial charge in [0.15, 0.2) is 0 Å². The molecule has 0 saturated carbocycles. The Kier molecular flexibility index (Phi) is 3.72. The van der Waals surface area contributed by atoms with Gasteiger partial charge in [-0.1, -0.05) is 0 Å². The molecule has 7 heteroatoms. The van der Waals surface area contributed by atoms with Crippen LogP contribution >= 0.6 is 0 Å². The van der Waals surface area contributed by atoms with E-state index in [1.165, 1.54) is 0 Å². The summed E-state index contributed by atoms with van der Waals surface area (Å²) in [6, 6.07) is 3.01. The van der Waals surface area contributed by atoms with Crippen LogP contribution < -0.4 is 9.86 Å². The maximum absolute atomic E-state index is 12.7. The Morgan fingerprint density at radius 1 is 1.20 bits per heavy atom. The third kappa shape index (κ3) is 4.82. The van der Waals surface area contributed by atoms with Crippen molar-refractivity contribution in [2.75, 3.05) is 6.54 Å². The number of hydrogen-bond acceptors (Lipinski definition) is 2. The van der Waals surface area contributed by atoms with Gasteiger partial charge in [-0.15, -0.1) is 0 Å². The van der Waals surface area contributed by atoms with E-state index < -0.39 is 21.8 Å². The van der Waals surface area contributed by atoms with Crippen LogP contribution in [-0.4, -0.2) is 15.0 Å². The molecule has 0 spiro atoms. The summed E-state index contributed by atoms with van der Waals surface area (Å²) in [6.45, 7) is 0.00171. The van der Waals surface area contributed by atoms with E-state index in [0.717, 1.165) is 18.2 Å². The summed E-state index contributed by atoms with van der Waals surface area (Å²) in [5.74, 6) is -1.39. The Bertz CT molecular complexity index is 428. The van der Waals surface area contributed by atoms with Crippen molar-refractivity contribution >= 4 is 10.2 Å². The van der Waals surface area contributed by atoms with Crippen molar-refractivity contribution in [3.8, 4) is 0 Å². The normalized spacial score (nSPS) is 11.7. The predicted molar refractivity (Wildman–Crippen MR) is 51.2 cm³/mol. The minimum absolute atomic E-state index is 0.00171. The molecule has 0 unspecified atom stereocenters. The van der Waals surface area contributed by atoms with Crippen LogP contribution in [0, 0.1) is 11.6 Å². The van der Waals surface area contributed by atoms with Gasteiger partial charge in [-0.3, -0.25) is 0 Å². The molecule has 3 N–H and O–H groups in total. The molecule has 0 atom stereocenters. The monoisotopic (exact) mass is 236 g/mol. The van der Waals surface area contributed by atoms with Crippen molar-refractivity contribution in [3.05, 3.63) is 35.4 Å². The van der Waals surface area contributed by atoms with Gasteiger partial charge in [-0.25, -0.2) is 18.6 Å². The largest absolute Gasteiger partial charge is 0.274 e. The van der Waals surface area contributed by atoms with E-state index in [4.69, 9.17) is 0 Å². The van der Waals surface area contributed by atoms with E-state index in [2.05, 4.69) is 5.14 Å². The maximum atomic E-state index is 12.7. The molecule has 0 aliphatic carbocycles. The van der Waals surface area contributed by atoms with Gasteiger partial charge in [-0.2, -0.15) is 8.42 Å². The average molecular weight is 236 g/mol. The summed E-state index contributed by atoms with van der Waals surface area (Å²) in [5, 5.41) is 4.67. The van der Waals surface area contributed by atoms with Gasteiger partial charge in [0.25, 0.3) is 10.2 Å². The molecule has 0 amide bonds. The highest BCUT2D eigenvalue weighted by Crippen LogP contribution is 2.07. The number of benzene rings is 1. The van der Waals surface area contributed by atoms with E-state index in [1.54, 1.807) is 0 Å². The van der Waals surface area contributed by atoms with Crippen LogP contribution in [0.25, 0.3) is 0 Å². The second kappa shape index (κ2) is 4.65. The van der Waals surface area contributed by atoms with Gasteiger partial charge < -0.3 is 0 Å². The Labute approximate surface area is 86.3 Å². The van der Waals surface area contributed by atoms with Crippen molar-refractivity contribution in [2.24, 2.45) is 5.14 Å². The number of nitrogens with one attached hydrogen (secondary N) is 1. The van der Waals surface area contributed by atoms with Crippen LogP contribution in [0.3, 0.4) is 0 Å². The second-order valence-corrected chi connectivity index (χ2v) is 4.35. The third-order valence-corrected chi connectivity index (χ3v) is 2.25. The molecule has 0 heterocycles. The molecule has 0 saturated heterocycles. The van der Waals surface area contributed by atoms with Gasteiger partial charge in [0.1, 0.15) is 11.6 Å². The average Bonchev–Trinajstić information content (AvgIpc) is 1.99. The summed E-state index contributed by atoms with van der Waals surface area (Å²) in [5.41, 5.74) is 0.364. The molecule has 1 aromatic rings. The first-order valence-electron chi connectivity index (χ1n) is 4.09. The number of hydrogen-bond donors (Lipinski definition) is 2. The minimum Gasteiger partial charge on any atom is -0.216 e. The van der Waals surface area contributed by atoms with Gasteiger partial charge in [0.2, 0.25) is 0 Å². The van der Waals surface area contributed by atoms with Crippen molar-refractivity contribution in [1.29, 1.82) is 0 Å². The summed E-state index contributed by atoms with van der Waals surface area (Å²) >= 11 is 0. The lowest BCUT2D eigenvalue weighted by Gasteiger charge is -2.02. The van der Waals surface area contributed by atoms with Crippen LogP contribution in [-0.2, 0) is 16.6 Å². The fourth-order valence-corrected chi connectivity index (χ4v) is 1.48. The lowest BCUT2D eigenvalue weighted by molar-refractivity contribution is 0.577. The molecule has 1 rings (SSSR count). The quantitative estimate of drug-likeness (QED) is 0.789. The van der Waals surface area contributed by atoms with E-state index >= 15 is 0 Å². The minimum atomic E-state index is -3.75. The third-order valence-electron chi connectivity index (χ3n) is 1.64. The molecule has 0 aromatic heterocycles. The standard InChI is InChI=1S/C8H10F2N2O2S/c9-7-3-6(4-8(10)5-7)1-2-12-15(11,13)14/h3-5,12H,1-2H2,(H2,11,13,14). The van der Waals surface area contributed by atoms with E-state index in [1.807, 2.05) is 4.72 Å². The van der Waals surface area contributed by atoms with Crippen LogP contribution in [0.2, 0.25) is 0 Å². The molecule has 0 bridgehead atoms.